The maximum atomic E-state index is 14.2. The third kappa shape index (κ3) is 3.52. The summed E-state index contributed by atoms with van der Waals surface area (Å²) in [7, 11) is 4.13. The lowest BCUT2D eigenvalue weighted by atomic mass is 10.1. The summed E-state index contributed by atoms with van der Waals surface area (Å²) < 4.78 is 16.5. The fraction of sp³-hybridized carbons (Fsp3) is 0.364. The Hall–Kier alpha value is -2.73. The van der Waals surface area contributed by atoms with Crippen LogP contribution < -0.4 is 4.90 Å². The molecular weight excluding hydrogens is 355 g/mol. The van der Waals surface area contributed by atoms with Crippen LogP contribution >= 0.6 is 0 Å². The zero-order valence-electron chi connectivity index (χ0n) is 16.3. The van der Waals surface area contributed by atoms with Gasteiger partial charge in [-0.05, 0) is 51.3 Å². The molecule has 4 rings (SSSR count). The van der Waals surface area contributed by atoms with Gasteiger partial charge in [-0.3, -0.25) is 4.79 Å². The Balaban J connectivity index is 1.65. The van der Waals surface area contributed by atoms with Crippen molar-refractivity contribution in [2.45, 2.75) is 25.3 Å². The number of anilines is 1. The number of carbonyl (C=O) groups excluding carboxylic acids is 1. The van der Waals surface area contributed by atoms with Crippen molar-refractivity contribution in [2.24, 2.45) is 0 Å². The van der Waals surface area contributed by atoms with E-state index in [1.54, 1.807) is 23.1 Å². The number of benzene rings is 2. The molecule has 0 spiro atoms. The SMILES string of the molecule is CN(C)CCCn1c(C2CC(=O)N(c3ccccc3F)C2)nc2ccccc21. The van der Waals surface area contributed by atoms with E-state index in [1.807, 2.05) is 18.2 Å². The van der Waals surface area contributed by atoms with Gasteiger partial charge in [-0.25, -0.2) is 9.37 Å². The maximum absolute atomic E-state index is 14.2. The molecule has 2 aromatic carbocycles. The van der Waals surface area contributed by atoms with Crippen molar-refractivity contribution in [3.8, 4) is 0 Å². The molecule has 1 aliphatic rings. The van der Waals surface area contributed by atoms with E-state index in [9.17, 15) is 9.18 Å². The van der Waals surface area contributed by atoms with Gasteiger partial charge in [-0.2, -0.15) is 0 Å². The van der Waals surface area contributed by atoms with Crippen LogP contribution in [-0.4, -0.2) is 47.5 Å². The number of halogens is 1. The zero-order chi connectivity index (χ0) is 19.7. The Bertz CT molecular complexity index is 997. The third-order valence-corrected chi connectivity index (χ3v) is 5.30. The molecule has 1 fully saturated rings. The van der Waals surface area contributed by atoms with Gasteiger partial charge in [0.2, 0.25) is 5.91 Å². The summed E-state index contributed by atoms with van der Waals surface area (Å²) in [5.41, 5.74) is 2.39. The van der Waals surface area contributed by atoms with Gasteiger partial charge in [0.25, 0.3) is 0 Å². The van der Waals surface area contributed by atoms with Crippen molar-refractivity contribution >= 4 is 22.6 Å². The van der Waals surface area contributed by atoms with Crippen LogP contribution in [0.5, 0.6) is 0 Å². The molecule has 1 aromatic heterocycles. The van der Waals surface area contributed by atoms with Crippen molar-refractivity contribution in [2.75, 3.05) is 32.1 Å². The van der Waals surface area contributed by atoms with Gasteiger partial charge in [0.1, 0.15) is 11.6 Å². The Kier molecular flexibility index (Phi) is 5.13. The highest BCUT2D eigenvalue weighted by Crippen LogP contribution is 2.34. The molecular formula is C22H25FN4O. The van der Waals surface area contributed by atoms with Crippen LogP contribution in [0.2, 0.25) is 0 Å². The smallest absolute Gasteiger partial charge is 0.227 e. The van der Waals surface area contributed by atoms with E-state index in [4.69, 9.17) is 4.98 Å². The van der Waals surface area contributed by atoms with E-state index < -0.39 is 0 Å². The number of aromatic nitrogens is 2. The summed E-state index contributed by atoms with van der Waals surface area (Å²) in [6, 6.07) is 14.5. The average molecular weight is 380 g/mol. The van der Waals surface area contributed by atoms with Crippen LogP contribution in [-0.2, 0) is 11.3 Å². The lowest BCUT2D eigenvalue weighted by Gasteiger charge is -2.18. The van der Waals surface area contributed by atoms with Gasteiger partial charge in [-0.1, -0.05) is 24.3 Å². The Morgan fingerprint density at radius 2 is 1.89 bits per heavy atom. The minimum Gasteiger partial charge on any atom is -0.328 e. The fourth-order valence-electron chi connectivity index (χ4n) is 3.97. The first-order chi connectivity index (χ1) is 13.5. The van der Waals surface area contributed by atoms with Gasteiger partial charge in [-0.15, -0.1) is 0 Å². The van der Waals surface area contributed by atoms with E-state index in [0.717, 1.165) is 36.4 Å². The summed E-state index contributed by atoms with van der Waals surface area (Å²) >= 11 is 0. The number of hydrogen-bond acceptors (Lipinski definition) is 3. The van der Waals surface area contributed by atoms with Crippen LogP contribution in [0, 0.1) is 5.82 Å². The summed E-state index contributed by atoms with van der Waals surface area (Å²) in [6.45, 7) is 2.28. The topological polar surface area (TPSA) is 41.4 Å². The zero-order valence-corrected chi connectivity index (χ0v) is 16.3. The molecule has 1 atom stereocenters. The number of hydrogen-bond donors (Lipinski definition) is 0. The second-order valence-electron chi connectivity index (χ2n) is 7.62. The summed E-state index contributed by atoms with van der Waals surface area (Å²) in [4.78, 5) is 21.2. The Labute approximate surface area is 164 Å². The molecule has 1 saturated heterocycles. The van der Waals surface area contributed by atoms with Crippen molar-refractivity contribution in [3.05, 3.63) is 60.2 Å². The first-order valence-electron chi connectivity index (χ1n) is 9.69. The Morgan fingerprint density at radius 1 is 1.14 bits per heavy atom. The second-order valence-corrected chi connectivity index (χ2v) is 7.62. The van der Waals surface area contributed by atoms with Gasteiger partial charge in [0, 0.05) is 25.4 Å². The van der Waals surface area contributed by atoms with Crippen LogP contribution in [0.3, 0.4) is 0 Å². The Morgan fingerprint density at radius 3 is 2.68 bits per heavy atom. The van der Waals surface area contributed by atoms with E-state index in [-0.39, 0.29) is 17.6 Å². The van der Waals surface area contributed by atoms with Crippen LogP contribution in [0.15, 0.2) is 48.5 Å². The van der Waals surface area contributed by atoms with E-state index >= 15 is 0 Å². The molecule has 146 valence electrons. The number of para-hydroxylation sites is 3. The van der Waals surface area contributed by atoms with E-state index in [2.05, 4.69) is 29.6 Å². The molecule has 1 amide bonds. The van der Waals surface area contributed by atoms with Gasteiger partial charge < -0.3 is 14.4 Å². The predicted molar refractivity (Wildman–Crippen MR) is 109 cm³/mol. The first-order valence-corrected chi connectivity index (χ1v) is 9.69. The largest absolute Gasteiger partial charge is 0.328 e. The minimum absolute atomic E-state index is 0.0427. The van der Waals surface area contributed by atoms with Gasteiger partial charge >= 0.3 is 0 Å². The molecule has 0 saturated carbocycles. The maximum Gasteiger partial charge on any atom is 0.227 e. The number of imidazole rings is 1. The van der Waals surface area contributed by atoms with Crippen molar-refractivity contribution in [3.63, 3.8) is 0 Å². The molecule has 1 unspecified atom stereocenters. The van der Waals surface area contributed by atoms with E-state index in [1.165, 1.54) is 6.07 Å². The molecule has 1 aliphatic heterocycles. The lowest BCUT2D eigenvalue weighted by molar-refractivity contribution is -0.117. The van der Waals surface area contributed by atoms with E-state index in [0.29, 0.717) is 18.7 Å². The lowest BCUT2D eigenvalue weighted by Crippen LogP contribution is -2.25. The summed E-state index contributed by atoms with van der Waals surface area (Å²) in [5.74, 6) is 0.462. The monoisotopic (exact) mass is 380 g/mol. The summed E-state index contributed by atoms with van der Waals surface area (Å²) in [5, 5.41) is 0. The van der Waals surface area contributed by atoms with Crippen molar-refractivity contribution in [1.82, 2.24) is 14.5 Å². The van der Waals surface area contributed by atoms with Crippen LogP contribution in [0.25, 0.3) is 11.0 Å². The van der Waals surface area contributed by atoms with Crippen molar-refractivity contribution < 1.29 is 9.18 Å². The molecule has 5 nitrogen and oxygen atoms in total. The molecule has 0 bridgehead atoms. The summed E-state index contributed by atoms with van der Waals surface area (Å²) in [6.07, 6.45) is 1.35. The number of fused-ring (bicyclic) bond motifs is 1. The quantitative estimate of drug-likeness (QED) is 0.656. The first kappa shape index (κ1) is 18.6. The molecule has 0 N–H and O–H groups in total. The third-order valence-electron chi connectivity index (χ3n) is 5.30. The predicted octanol–water partition coefficient (Wildman–Crippen LogP) is 3.65. The molecule has 28 heavy (non-hydrogen) atoms. The second kappa shape index (κ2) is 7.72. The number of rotatable bonds is 6. The molecule has 6 heteroatoms. The van der Waals surface area contributed by atoms with Gasteiger partial charge in [0.15, 0.2) is 0 Å². The number of aryl methyl sites for hydroxylation is 1. The normalized spacial score (nSPS) is 17.2. The average Bonchev–Trinajstić information content (AvgIpc) is 3.23. The number of nitrogens with zero attached hydrogens (tertiary/aromatic N) is 4. The van der Waals surface area contributed by atoms with Crippen LogP contribution in [0.4, 0.5) is 10.1 Å². The highest BCUT2D eigenvalue weighted by Gasteiger charge is 2.35. The number of carbonyl (C=O) groups is 1. The van der Waals surface area contributed by atoms with Gasteiger partial charge in [0.05, 0.1) is 16.7 Å². The highest BCUT2D eigenvalue weighted by atomic mass is 19.1. The number of amides is 1. The standard InChI is InChI=1S/C22H25FN4O/c1-25(2)12-7-13-26-20-11-6-4-9-18(20)24-22(26)16-14-21(28)27(15-16)19-10-5-3-8-17(19)23/h3-6,8-11,16H,7,12-15H2,1-2H3. The van der Waals surface area contributed by atoms with Crippen molar-refractivity contribution in [1.29, 1.82) is 0 Å². The fourth-order valence-corrected chi connectivity index (χ4v) is 3.97. The molecule has 0 radical (unpaired) electrons. The molecule has 3 aromatic rings. The molecule has 0 aliphatic carbocycles. The van der Waals surface area contributed by atoms with Crippen LogP contribution in [0.1, 0.15) is 24.6 Å². The molecule has 2 heterocycles. The highest BCUT2D eigenvalue weighted by molar-refractivity contribution is 5.96. The minimum atomic E-state index is -0.365.